The van der Waals surface area contributed by atoms with Gasteiger partial charge in [-0.2, -0.15) is 0 Å². The molecule has 456 valence electrons. The van der Waals surface area contributed by atoms with Crippen molar-refractivity contribution in [2.45, 2.75) is 258 Å². The molecule has 0 aliphatic carbocycles. The molecular weight excluding hydrogens is 1010 g/mol. The number of esters is 1. The summed E-state index contributed by atoms with van der Waals surface area (Å²) in [4.78, 5) is 37.7. The van der Waals surface area contributed by atoms with Crippen LogP contribution in [-0.4, -0.2) is 74.3 Å². The van der Waals surface area contributed by atoms with Crippen LogP contribution < -0.4 is 5.32 Å². The predicted molar refractivity (Wildman–Crippen MR) is 346 cm³/mol. The van der Waals surface area contributed by atoms with Crippen LogP contribution in [0.3, 0.4) is 0 Å². The maximum Gasteiger partial charge on any atom is 0.472 e. The molecule has 0 radical (unpaired) electrons. The zero-order valence-corrected chi connectivity index (χ0v) is 52.9. The summed E-state index contributed by atoms with van der Waals surface area (Å²) in [6, 6.07) is -0.893. The van der Waals surface area contributed by atoms with E-state index in [0.717, 1.165) is 122 Å². The Bertz CT molecular complexity index is 1830. The lowest BCUT2D eigenvalue weighted by molar-refractivity contribution is -0.870. The Labute approximate surface area is 492 Å². The van der Waals surface area contributed by atoms with E-state index in [0.29, 0.717) is 23.9 Å². The van der Waals surface area contributed by atoms with Gasteiger partial charge < -0.3 is 19.4 Å². The average molecular weight is 1130 g/mol. The lowest BCUT2D eigenvalue weighted by atomic mass is 10.1. The maximum absolute atomic E-state index is 13.5. The topological polar surface area (TPSA) is 111 Å². The number of allylic oxidation sites excluding steroid dienone is 21. The van der Waals surface area contributed by atoms with E-state index < -0.39 is 20.0 Å². The molecule has 0 aromatic carbocycles. The van der Waals surface area contributed by atoms with Crippen molar-refractivity contribution in [3.63, 3.8) is 0 Å². The first-order valence-corrected chi connectivity index (χ1v) is 33.5. The molecule has 0 rings (SSSR count). The normalized spacial score (nSPS) is 14.5. The number of likely N-dealkylation sites (N-methyl/N-ethyl adjacent to an activating group) is 1. The second-order valence-electron chi connectivity index (χ2n) is 22.2. The highest BCUT2D eigenvalue weighted by atomic mass is 31.2. The number of ether oxygens (including phenoxy) is 1. The zero-order chi connectivity index (χ0) is 58.6. The SMILES string of the molecule is CC/C=C\C/C=C\C/C=C\C/C=C\C/C=C\C/C=C\CCCCCCCCC(=O)OC(/C=C\CCCCCCCCCCCC)C(COP(=O)(O)OCC[N+](C)(C)C)NC(=O)CCC/C=C\C/C=C\C/C=C\C/C=C\CCCCC. The van der Waals surface area contributed by atoms with E-state index in [9.17, 15) is 19.0 Å². The molecule has 80 heavy (non-hydrogen) atoms. The molecule has 0 fully saturated rings. The summed E-state index contributed by atoms with van der Waals surface area (Å²) in [6.07, 6.45) is 83.2. The fourth-order valence-corrected chi connectivity index (χ4v) is 9.14. The van der Waals surface area contributed by atoms with Crippen LogP contribution in [0.5, 0.6) is 0 Å². The number of rotatable bonds is 56. The monoisotopic (exact) mass is 1130 g/mol. The van der Waals surface area contributed by atoms with Gasteiger partial charge >= 0.3 is 13.8 Å². The van der Waals surface area contributed by atoms with Gasteiger partial charge in [-0.15, -0.1) is 0 Å². The van der Waals surface area contributed by atoms with Crippen molar-refractivity contribution in [1.29, 1.82) is 0 Å². The van der Waals surface area contributed by atoms with Gasteiger partial charge in [0.15, 0.2) is 0 Å². The molecule has 9 nitrogen and oxygen atoms in total. The zero-order valence-electron chi connectivity index (χ0n) is 52.0. The second-order valence-corrected chi connectivity index (χ2v) is 23.6. The van der Waals surface area contributed by atoms with Crippen LogP contribution in [0.15, 0.2) is 134 Å². The van der Waals surface area contributed by atoms with Crippen LogP contribution in [0.25, 0.3) is 0 Å². The van der Waals surface area contributed by atoms with E-state index in [1.54, 1.807) is 0 Å². The molecule has 0 aromatic heterocycles. The van der Waals surface area contributed by atoms with Crippen molar-refractivity contribution < 1.29 is 37.3 Å². The molecule has 0 aromatic rings. The van der Waals surface area contributed by atoms with Gasteiger partial charge in [-0.3, -0.25) is 18.6 Å². The van der Waals surface area contributed by atoms with Gasteiger partial charge in [-0.05, 0) is 122 Å². The number of carbonyl (C=O) groups excluding carboxylic acids is 2. The van der Waals surface area contributed by atoms with Gasteiger partial charge in [0.2, 0.25) is 5.91 Å². The number of unbranched alkanes of at least 4 members (excludes halogenated alkanes) is 20. The quantitative estimate of drug-likeness (QED) is 0.0205. The van der Waals surface area contributed by atoms with Crippen LogP contribution in [-0.2, 0) is 27.9 Å². The van der Waals surface area contributed by atoms with Crippen molar-refractivity contribution in [2.24, 2.45) is 0 Å². The standard InChI is InChI=1S/C70H119N2O7P/c1-7-10-13-16-19-22-25-28-30-32-33-34-35-36-37-38-39-41-43-45-48-51-54-57-60-63-70(74)79-68(61-58-55-52-49-46-27-24-21-18-15-12-9-3)67(66-78-80(75,76)77-65-64-72(4,5)6)71-69(73)62-59-56-53-50-47-44-42-40-31-29-26-23-20-17-14-11-8-2/h10,13,19-20,22-23,28-31,33-34,36-37,39,41-42,44,50,53,58,61,67-68H,7-9,11-12,14-18,21,24-27,32,35,38,40,43,45-49,51-52,54-57,59-60,62-66H2,1-6H3,(H-,71,73,75,76)/p+1/b13-10-,22-19-,23-20-,30-28-,31-29-,34-33-,37-36-,41-39-,44-42-,53-50-,61-58-. The van der Waals surface area contributed by atoms with Crippen molar-refractivity contribution in [3.05, 3.63) is 134 Å². The minimum absolute atomic E-state index is 0.0203. The Kier molecular flexibility index (Phi) is 55.5. The minimum atomic E-state index is -4.48. The smallest absolute Gasteiger partial charge is 0.456 e. The summed E-state index contributed by atoms with van der Waals surface area (Å²) in [6.45, 7) is 6.80. The molecule has 0 saturated carbocycles. The van der Waals surface area contributed by atoms with Gasteiger partial charge in [-0.25, -0.2) is 4.57 Å². The largest absolute Gasteiger partial charge is 0.472 e. The first-order chi connectivity index (χ1) is 38.9. The number of amides is 1. The second kappa shape index (κ2) is 58.4. The number of nitrogens with zero attached hydrogens (tertiary/aromatic N) is 1. The fraction of sp³-hybridized carbons (Fsp3) is 0.657. The van der Waals surface area contributed by atoms with Crippen LogP contribution in [0.1, 0.15) is 245 Å². The first kappa shape index (κ1) is 76.1. The predicted octanol–water partition coefficient (Wildman–Crippen LogP) is 20.1. The average Bonchev–Trinajstić information content (AvgIpc) is 3.42. The van der Waals surface area contributed by atoms with Crippen LogP contribution >= 0.6 is 7.82 Å². The molecule has 0 aliphatic heterocycles. The third-order valence-corrected chi connectivity index (χ3v) is 14.3. The molecule has 10 heteroatoms. The van der Waals surface area contributed by atoms with Gasteiger partial charge in [0.25, 0.3) is 0 Å². The lowest BCUT2D eigenvalue weighted by Gasteiger charge is -2.27. The molecular formula is C70H120N2O7P+. The van der Waals surface area contributed by atoms with Crippen molar-refractivity contribution >= 4 is 19.7 Å². The Morgan fingerprint density at radius 2 is 0.812 bits per heavy atom. The Balaban J connectivity index is 5.31. The number of quaternary nitrogens is 1. The first-order valence-electron chi connectivity index (χ1n) is 32.0. The lowest BCUT2D eigenvalue weighted by Crippen LogP contribution is -2.47. The summed E-state index contributed by atoms with van der Waals surface area (Å²) >= 11 is 0. The number of phosphoric acid groups is 1. The summed E-state index contributed by atoms with van der Waals surface area (Å²) in [5.74, 6) is -0.597. The van der Waals surface area contributed by atoms with Gasteiger partial charge in [0.1, 0.15) is 19.3 Å². The van der Waals surface area contributed by atoms with E-state index in [1.165, 1.54) is 77.0 Å². The van der Waals surface area contributed by atoms with Gasteiger partial charge in [0, 0.05) is 12.8 Å². The molecule has 3 atom stereocenters. The fourth-order valence-electron chi connectivity index (χ4n) is 8.41. The highest BCUT2D eigenvalue weighted by Crippen LogP contribution is 2.43. The number of hydrogen-bond acceptors (Lipinski definition) is 6. The molecule has 0 saturated heterocycles. The number of hydrogen-bond donors (Lipinski definition) is 2. The highest BCUT2D eigenvalue weighted by Gasteiger charge is 2.30. The molecule has 2 N–H and O–H groups in total. The molecule has 0 bridgehead atoms. The van der Waals surface area contributed by atoms with E-state index in [4.69, 9.17) is 13.8 Å². The van der Waals surface area contributed by atoms with Crippen molar-refractivity contribution in [1.82, 2.24) is 5.32 Å². The molecule has 0 heterocycles. The Hall–Kier alpha value is -3.85. The summed E-state index contributed by atoms with van der Waals surface area (Å²) in [7, 11) is 1.43. The Morgan fingerprint density at radius 1 is 0.450 bits per heavy atom. The van der Waals surface area contributed by atoms with E-state index in [1.807, 2.05) is 33.3 Å². The van der Waals surface area contributed by atoms with Crippen molar-refractivity contribution in [2.75, 3.05) is 40.9 Å². The molecule has 3 unspecified atom stereocenters. The van der Waals surface area contributed by atoms with Gasteiger partial charge in [0.05, 0.1) is 33.8 Å². The maximum atomic E-state index is 13.5. The van der Waals surface area contributed by atoms with Crippen LogP contribution in [0, 0.1) is 0 Å². The summed E-state index contributed by atoms with van der Waals surface area (Å²) < 4.78 is 30.7. The number of nitrogens with one attached hydrogen (secondary N) is 1. The van der Waals surface area contributed by atoms with Crippen LogP contribution in [0.2, 0.25) is 0 Å². The van der Waals surface area contributed by atoms with Crippen molar-refractivity contribution in [3.8, 4) is 0 Å². The molecule has 0 aliphatic rings. The molecule has 1 amide bonds. The Morgan fingerprint density at radius 3 is 1.25 bits per heavy atom. The number of phosphoric ester groups is 1. The van der Waals surface area contributed by atoms with E-state index >= 15 is 0 Å². The van der Waals surface area contributed by atoms with E-state index in [-0.39, 0.29) is 37.9 Å². The summed E-state index contributed by atoms with van der Waals surface area (Å²) in [5, 5.41) is 3.02. The third-order valence-electron chi connectivity index (χ3n) is 13.3. The third kappa shape index (κ3) is 58.8. The number of carbonyl (C=O) groups is 2. The minimum Gasteiger partial charge on any atom is -0.456 e. The highest BCUT2D eigenvalue weighted by molar-refractivity contribution is 7.47. The summed E-state index contributed by atoms with van der Waals surface area (Å²) in [5.41, 5.74) is 0. The van der Waals surface area contributed by atoms with Gasteiger partial charge in [-0.1, -0.05) is 245 Å². The van der Waals surface area contributed by atoms with E-state index in [2.05, 4.69) is 148 Å². The van der Waals surface area contributed by atoms with Crippen LogP contribution in [0.4, 0.5) is 0 Å². The molecule has 0 spiro atoms.